The number of hydrogen-bond donors (Lipinski definition) is 2. The Bertz CT molecular complexity index is 826. The van der Waals surface area contributed by atoms with E-state index in [0.29, 0.717) is 19.1 Å². The Labute approximate surface area is 186 Å². The van der Waals surface area contributed by atoms with Crippen LogP contribution in [0.1, 0.15) is 67.6 Å². The molecule has 0 spiro atoms. The third-order valence-corrected chi connectivity index (χ3v) is 5.94. The van der Waals surface area contributed by atoms with Crippen LogP contribution in [-0.4, -0.2) is 36.6 Å². The van der Waals surface area contributed by atoms with Crippen molar-refractivity contribution in [1.82, 2.24) is 0 Å². The van der Waals surface area contributed by atoms with Gasteiger partial charge in [-0.15, -0.1) is 0 Å². The fraction of sp³-hybridized carbons (Fsp3) is 0.481. The highest BCUT2D eigenvalue weighted by atomic mass is 16.5. The van der Waals surface area contributed by atoms with Crippen molar-refractivity contribution in [1.29, 1.82) is 0 Å². The molecule has 0 heterocycles. The van der Waals surface area contributed by atoms with Gasteiger partial charge in [0.05, 0.1) is 13.2 Å². The normalized spacial score (nSPS) is 16.1. The number of rotatable bonds is 12. The summed E-state index contributed by atoms with van der Waals surface area (Å²) >= 11 is 0. The highest BCUT2D eigenvalue weighted by molar-refractivity contribution is 5.68. The maximum atomic E-state index is 8.88. The van der Waals surface area contributed by atoms with E-state index >= 15 is 0 Å². The van der Waals surface area contributed by atoms with E-state index in [2.05, 4.69) is 55.5 Å². The van der Waals surface area contributed by atoms with Crippen LogP contribution in [-0.2, 0) is 0 Å². The maximum Gasteiger partial charge on any atom is 0.122 e. The molecular formula is C27H36O4. The third-order valence-electron chi connectivity index (χ3n) is 5.94. The fourth-order valence-electron chi connectivity index (χ4n) is 4.05. The Morgan fingerprint density at radius 1 is 0.871 bits per heavy atom. The van der Waals surface area contributed by atoms with Crippen LogP contribution in [0.2, 0.25) is 0 Å². The number of aliphatic hydroxyl groups is 2. The molecule has 2 N–H and O–H groups in total. The van der Waals surface area contributed by atoms with Crippen LogP contribution < -0.4 is 9.47 Å². The molecule has 0 aliphatic heterocycles. The zero-order valence-electron chi connectivity index (χ0n) is 18.7. The van der Waals surface area contributed by atoms with Gasteiger partial charge in [0.2, 0.25) is 0 Å². The maximum absolute atomic E-state index is 8.88. The fourth-order valence-corrected chi connectivity index (χ4v) is 4.05. The number of unbranched alkanes of at least 4 members (excludes halogenated alkanes) is 2. The van der Waals surface area contributed by atoms with E-state index in [4.69, 9.17) is 19.7 Å². The van der Waals surface area contributed by atoms with E-state index in [1.807, 2.05) is 0 Å². The van der Waals surface area contributed by atoms with Gasteiger partial charge in [0.1, 0.15) is 11.5 Å². The molecule has 0 fully saturated rings. The summed E-state index contributed by atoms with van der Waals surface area (Å²) in [6.45, 7) is 3.85. The lowest BCUT2D eigenvalue weighted by Crippen LogP contribution is -2.05. The zero-order valence-corrected chi connectivity index (χ0v) is 18.7. The largest absolute Gasteiger partial charge is 0.494 e. The predicted molar refractivity (Wildman–Crippen MR) is 126 cm³/mol. The van der Waals surface area contributed by atoms with E-state index in [1.54, 1.807) is 0 Å². The lowest BCUT2D eigenvalue weighted by Gasteiger charge is -2.23. The molecule has 1 aliphatic carbocycles. The number of benzene rings is 2. The quantitative estimate of drug-likeness (QED) is 0.432. The van der Waals surface area contributed by atoms with Gasteiger partial charge in [-0.05, 0) is 104 Å². The van der Waals surface area contributed by atoms with Crippen LogP contribution in [0.15, 0.2) is 48.5 Å². The van der Waals surface area contributed by atoms with Gasteiger partial charge in [0.25, 0.3) is 0 Å². The second kappa shape index (κ2) is 12.5. The average molecular weight is 425 g/mol. The molecule has 4 heteroatoms. The summed E-state index contributed by atoms with van der Waals surface area (Å²) < 4.78 is 11.6. The van der Waals surface area contributed by atoms with Crippen molar-refractivity contribution in [2.45, 2.75) is 57.8 Å². The summed E-state index contributed by atoms with van der Waals surface area (Å²) in [5.41, 5.74) is 5.26. The molecule has 1 atom stereocenters. The molecule has 168 valence electrons. The standard InChI is InChI=1S/C27H36O4/c1-21-20-25(12-15-27(21)31-19-5-3-17-29)24-8-6-22(7-9-24)23-10-13-26(14-11-23)30-18-4-2-16-28/h8,10-15,20,22,28-29H,2-7,9,16-19H2,1H3. The monoisotopic (exact) mass is 424 g/mol. The number of aryl methyl sites for hydroxylation is 1. The summed E-state index contributed by atoms with van der Waals surface area (Å²) in [7, 11) is 0. The summed E-state index contributed by atoms with van der Waals surface area (Å²) in [6.07, 6.45) is 9.02. The molecule has 0 saturated carbocycles. The molecule has 1 unspecified atom stereocenters. The molecule has 0 saturated heterocycles. The van der Waals surface area contributed by atoms with Crippen LogP contribution in [0.5, 0.6) is 11.5 Å². The molecule has 2 aromatic rings. The van der Waals surface area contributed by atoms with E-state index in [9.17, 15) is 0 Å². The Hall–Kier alpha value is -2.30. The van der Waals surface area contributed by atoms with E-state index in [-0.39, 0.29) is 13.2 Å². The van der Waals surface area contributed by atoms with Crippen LogP contribution >= 0.6 is 0 Å². The Balaban J connectivity index is 1.53. The van der Waals surface area contributed by atoms with Crippen molar-refractivity contribution < 1.29 is 19.7 Å². The zero-order chi connectivity index (χ0) is 21.9. The first-order valence-corrected chi connectivity index (χ1v) is 11.6. The van der Waals surface area contributed by atoms with Crippen molar-refractivity contribution in [3.8, 4) is 11.5 Å². The molecule has 3 rings (SSSR count). The van der Waals surface area contributed by atoms with Crippen molar-refractivity contribution in [2.24, 2.45) is 0 Å². The van der Waals surface area contributed by atoms with Crippen LogP contribution in [0.4, 0.5) is 0 Å². The minimum atomic E-state index is 0.222. The molecule has 0 amide bonds. The summed E-state index contributed by atoms with van der Waals surface area (Å²) in [5, 5.41) is 17.7. The minimum Gasteiger partial charge on any atom is -0.494 e. The highest BCUT2D eigenvalue weighted by Gasteiger charge is 2.18. The molecule has 0 aromatic heterocycles. The predicted octanol–water partition coefficient (Wildman–Crippen LogP) is 5.65. The molecule has 31 heavy (non-hydrogen) atoms. The second-order valence-electron chi connectivity index (χ2n) is 8.31. The van der Waals surface area contributed by atoms with Crippen molar-refractivity contribution >= 4 is 5.57 Å². The second-order valence-corrected chi connectivity index (χ2v) is 8.31. The minimum absolute atomic E-state index is 0.222. The first-order valence-electron chi connectivity index (χ1n) is 11.6. The SMILES string of the molecule is Cc1cc(C2=CCC(c3ccc(OCCCCO)cc3)CC2)ccc1OCCCCO. The smallest absolute Gasteiger partial charge is 0.122 e. The van der Waals surface area contributed by atoms with Crippen molar-refractivity contribution in [2.75, 3.05) is 26.4 Å². The lowest BCUT2D eigenvalue weighted by atomic mass is 9.82. The van der Waals surface area contributed by atoms with Crippen LogP contribution in [0, 0.1) is 6.92 Å². The molecule has 0 radical (unpaired) electrons. The van der Waals surface area contributed by atoms with Gasteiger partial charge in [-0.2, -0.15) is 0 Å². The van der Waals surface area contributed by atoms with Gasteiger partial charge in [-0.1, -0.05) is 24.3 Å². The molecule has 1 aliphatic rings. The average Bonchev–Trinajstić information content (AvgIpc) is 2.81. The number of aliphatic hydroxyl groups excluding tert-OH is 2. The summed E-state index contributed by atoms with van der Waals surface area (Å²) in [4.78, 5) is 0. The first kappa shape index (κ1) is 23.4. The Morgan fingerprint density at radius 3 is 2.19 bits per heavy atom. The molecule has 4 nitrogen and oxygen atoms in total. The van der Waals surface area contributed by atoms with Gasteiger partial charge < -0.3 is 19.7 Å². The van der Waals surface area contributed by atoms with Gasteiger partial charge in [-0.25, -0.2) is 0 Å². The molecular weight excluding hydrogens is 388 g/mol. The molecule has 0 bridgehead atoms. The topological polar surface area (TPSA) is 58.9 Å². The van der Waals surface area contributed by atoms with Crippen LogP contribution in [0.25, 0.3) is 5.57 Å². The Morgan fingerprint density at radius 2 is 1.58 bits per heavy atom. The Kier molecular flexibility index (Phi) is 9.44. The van der Waals surface area contributed by atoms with Gasteiger partial charge in [-0.3, -0.25) is 0 Å². The lowest BCUT2D eigenvalue weighted by molar-refractivity contribution is 0.252. The first-order chi connectivity index (χ1) is 15.2. The van der Waals surface area contributed by atoms with Gasteiger partial charge in [0.15, 0.2) is 0 Å². The summed E-state index contributed by atoms with van der Waals surface area (Å²) in [5.74, 6) is 2.40. The highest BCUT2D eigenvalue weighted by Crippen LogP contribution is 2.37. The van der Waals surface area contributed by atoms with E-state index in [0.717, 1.165) is 56.4 Å². The number of hydrogen-bond acceptors (Lipinski definition) is 4. The third kappa shape index (κ3) is 7.12. The number of allylic oxidation sites excluding steroid dienone is 2. The van der Waals surface area contributed by atoms with E-state index < -0.39 is 0 Å². The van der Waals surface area contributed by atoms with Gasteiger partial charge >= 0.3 is 0 Å². The van der Waals surface area contributed by atoms with Crippen molar-refractivity contribution in [3.05, 3.63) is 65.2 Å². The summed E-state index contributed by atoms with van der Waals surface area (Å²) in [6, 6.07) is 15.0. The van der Waals surface area contributed by atoms with E-state index in [1.165, 1.54) is 22.3 Å². The van der Waals surface area contributed by atoms with Crippen molar-refractivity contribution in [3.63, 3.8) is 0 Å². The van der Waals surface area contributed by atoms with Crippen LogP contribution in [0.3, 0.4) is 0 Å². The molecule has 2 aromatic carbocycles. The number of ether oxygens (including phenoxy) is 2. The van der Waals surface area contributed by atoms with Gasteiger partial charge in [0, 0.05) is 13.2 Å².